The van der Waals surface area contributed by atoms with Gasteiger partial charge in [0, 0.05) is 18.9 Å². The molecule has 0 saturated heterocycles. The fraction of sp³-hybridized carbons (Fsp3) is 0.600. The highest BCUT2D eigenvalue weighted by molar-refractivity contribution is 5.90. The maximum absolute atomic E-state index is 14.5. The lowest BCUT2D eigenvalue weighted by molar-refractivity contribution is -0.121. The number of rotatable bonds is 4. The van der Waals surface area contributed by atoms with Gasteiger partial charge < -0.3 is 9.47 Å². The van der Waals surface area contributed by atoms with Crippen molar-refractivity contribution in [1.29, 1.82) is 0 Å². The van der Waals surface area contributed by atoms with Gasteiger partial charge in [-0.05, 0) is 64.0 Å². The molecule has 0 aliphatic heterocycles. The largest absolute Gasteiger partial charge is 0.490 e. The Morgan fingerprint density at radius 3 is 2.32 bits per heavy atom. The molecule has 0 N–H and O–H groups in total. The highest BCUT2D eigenvalue weighted by atomic mass is 19.1. The number of carbonyl (C=O) groups excluding carboxylic acids is 2. The second-order valence-corrected chi connectivity index (χ2v) is 8.00. The number of benzene rings is 1. The van der Waals surface area contributed by atoms with Crippen LogP contribution in [0.1, 0.15) is 81.1 Å². The quantitative estimate of drug-likeness (QED) is 0.749. The predicted molar refractivity (Wildman–Crippen MR) is 91.4 cm³/mol. The number of hydrogen-bond donors (Lipinski definition) is 0. The van der Waals surface area contributed by atoms with Crippen LogP contribution in [0.2, 0.25) is 0 Å². The number of hydrogen-bond acceptors (Lipinski definition) is 4. The van der Waals surface area contributed by atoms with E-state index in [2.05, 4.69) is 0 Å². The predicted octanol–water partition coefficient (Wildman–Crippen LogP) is 4.55. The maximum Gasteiger partial charge on any atom is 0.341 e. The van der Waals surface area contributed by atoms with Gasteiger partial charge in [-0.15, -0.1) is 0 Å². The fourth-order valence-electron chi connectivity index (χ4n) is 3.09. The average molecular weight is 348 g/mol. The van der Waals surface area contributed by atoms with Crippen molar-refractivity contribution in [2.75, 3.05) is 0 Å². The van der Waals surface area contributed by atoms with Crippen molar-refractivity contribution < 1.29 is 23.5 Å². The van der Waals surface area contributed by atoms with E-state index >= 15 is 0 Å². The SMILES string of the molecule is CC(C)(C)OC(=O)c1cc(C2CC2)c(OC2CCC(=O)CC2)cc1F. The molecule has 5 heteroatoms. The van der Waals surface area contributed by atoms with Gasteiger partial charge in [-0.2, -0.15) is 0 Å². The summed E-state index contributed by atoms with van der Waals surface area (Å²) in [4.78, 5) is 23.6. The van der Waals surface area contributed by atoms with E-state index in [9.17, 15) is 14.0 Å². The lowest BCUT2D eigenvalue weighted by atomic mass is 9.96. The van der Waals surface area contributed by atoms with Gasteiger partial charge >= 0.3 is 5.97 Å². The van der Waals surface area contributed by atoms with Gasteiger partial charge in [0.05, 0.1) is 11.7 Å². The number of carbonyl (C=O) groups is 2. The number of esters is 1. The van der Waals surface area contributed by atoms with Crippen LogP contribution in [0.15, 0.2) is 12.1 Å². The van der Waals surface area contributed by atoms with E-state index in [1.807, 2.05) is 0 Å². The Labute approximate surface area is 147 Å². The third-order valence-corrected chi connectivity index (χ3v) is 4.52. The second kappa shape index (κ2) is 6.77. The van der Waals surface area contributed by atoms with Gasteiger partial charge in [0.1, 0.15) is 23.0 Å². The van der Waals surface area contributed by atoms with Gasteiger partial charge in [0.15, 0.2) is 0 Å². The van der Waals surface area contributed by atoms with Gasteiger partial charge in [0.2, 0.25) is 0 Å². The summed E-state index contributed by atoms with van der Waals surface area (Å²) >= 11 is 0. The van der Waals surface area contributed by atoms with Crippen molar-refractivity contribution >= 4 is 11.8 Å². The molecule has 1 aromatic rings. The van der Waals surface area contributed by atoms with E-state index in [1.54, 1.807) is 26.8 Å². The van der Waals surface area contributed by atoms with Crippen LogP contribution in [0.4, 0.5) is 4.39 Å². The van der Waals surface area contributed by atoms with Crippen LogP contribution in [0.3, 0.4) is 0 Å². The molecular formula is C20H25FO4. The Hall–Kier alpha value is -1.91. The molecule has 0 radical (unpaired) electrons. The molecule has 0 atom stereocenters. The number of ether oxygens (including phenoxy) is 2. The van der Waals surface area contributed by atoms with Gasteiger partial charge in [-0.1, -0.05) is 0 Å². The molecule has 0 spiro atoms. The maximum atomic E-state index is 14.5. The first kappa shape index (κ1) is 17.9. The first-order chi connectivity index (χ1) is 11.7. The van der Waals surface area contributed by atoms with Crippen LogP contribution in [0, 0.1) is 5.82 Å². The van der Waals surface area contributed by atoms with Gasteiger partial charge in [-0.3, -0.25) is 4.79 Å². The van der Waals surface area contributed by atoms with Crippen LogP contribution in [0.5, 0.6) is 5.75 Å². The summed E-state index contributed by atoms with van der Waals surface area (Å²) in [5.41, 5.74) is 0.162. The Balaban J connectivity index is 1.83. The molecule has 2 fully saturated rings. The van der Waals surface area contributed by atoms with Crippen molar-refractivity contribution in [3.05, 3.63) is 29.1 Å². The van der Waals surface area contributed by atoms with Crippen molar-refractivity contribution in [2.24, 2.45) is 0 Å². The van der Waals surface area contributed by atoms with Crippen LogP contribution in [-0.2, 0) is 9.53 Å². The second-order valence-electron chi connectivity index (χ2n) is 8.00. The molecule has 1 aromatic carbocycles. The number of halogens is 1. The normalized spacial score (nSPS) is 19.0. The summed E-state index contributed by atoms with van der Waals surface area (Å²) in [6, 6.07) is 2.90. The van der Waals surface area contributed by atoms with E-state index in [0.29, 0.717) is 37.4 Å². The van der Waals surface area contributed by atoms with Crippen LogP contribution >= 0.6 is 0 Å². The van der Waals surface area contributed by atoms with E-state index < -0.39 is 17.4 Å². The Bertz CT molecular complexity index is 676. The summed E-state index contributed by atoms with van der Waals surface area (Å²) in [5, 5.41) is 0. The lowest BCUT2D eigenvalue weighted by Gasteiger charge is -2.25. The van der Waals surface area contributed by atoms with Crippen molar-refractivity contribution in [3.8, 4) is 5.75 Å². The number of ketones is 1. The van der Waals surface area contributed by atoms with Crippen molar-refractivity contribution in [3.63, 3.8) is 0 Å². The summed E-state index contributed by atoms with van der Waals surface area (Å²) < 4.78 is 25.8. The first-order valence-corrected chi connectivity index (χ1v) is 8.98. The van der Waals surface area contributed by atoms with E-state index in [-0.39, 0.29) is 17.5 Å². The van der Waals surface area contributed by atoms with Crippen molar-refractivity contribution in [2.45, 2.75) is 76.9 Å². The highest BCUT2D eigenvalue weighted by Gasteiger charge is 2.32. The van der Waals surface area contributed by atoms with E-state index in [4.69, 9.17) is 9.47 Å². The zero-order valence-corrected chi connectivity index (χ0v) is 15.1. The minimum atomic E-state index is -0.674. The van der Waals surface area contributed by atoms with Crippen LogP contribution in [-0.4, -0.2) is 23.5 Å². The third kappa shape index (κ3) is 4.59. The minimum absolute atomic E-state index is 0.0389. The molecule has 2 aliphatic carbocycles. The fourth-order valence-corrected chi connectivity index (χ4v) is 3.09. The molecule has 3 rings (SSSR count). The third-order valence-electron chi connectivity index (χ3n) is 4.52. The Morgan fingerprint density at radius 2 is 1.76 bits per heavy atom. The molecule has 2 saturated carbocycles. The smallest absolute Gasteiger partial charge is 0.341 e. The molecule has 2 aliphatic rings. The van der Waals surface area contributed by atoms with E-state index in [0.717, 1.165) is 18.4 Å². The zero-order chi connectivity index (χ0) is 18.2. The molecule has 0 unspecified atom stereocenters. The van der Waals surface area contributed by atoms with Gasteiger partial charge in [0.25, 0.3) is 0 Å². The topological polar surface area (TPSA) is 52.6 Å². The van der Waals surface area contributed by atoms with Crippen LogP contribution in [0.25, 0.3) is 0 Å². The number of Topliss-reactive ketones (excluding diaryl/α,β-unsaturated/α-hetero) is 1. The van der Waals surface area contributed by atoms with E-state index in [1.165, 1.54) is 6.07 Å². The highest BCUT2D eigenvalue weighted by Crippen LogP contribution is 2.45. The molecular weight excluding hydrogens is 323 g/mol. The Morgan fingerprint density at radius 1 is 1.12 bits per heavy atom. The molecule has 0 aromatic heterocycles. The molecule has 0 bridgehead atoms. The molecule has 0 amide bonds. The summed E-state index contributed by atoms with van der Waals surface area (Å²) in [5.74, 6) is -0.204. The molecule has 25 heavy (non-hydrogen) atoms. The van der Waals surface area contributed by atoms with Gasteiger partial charge in [-0.25, -0.2) is 9.18 Å². The molecule has 136 valence electrons. The summed E-state index contributed by atoms with van der Waals surface area (Å²) in [6.45, 7) is 5.27. The standard InChI is InChI=1S/C20H25FO4/c1-20(2,3)25-19(23)16-10-15(12-4-5-12)18(11-17(16)21)24-14-8-6-13(22)7-9-14/h10-12,14H,4-9H2,1-3H3. The average Bonchev–Trinajstić information content (AvgIpc) is 3.32. The molecule has 0 heterocycles. The monoisotopic (exact) mass is 348 g/mol. The first-order valence-electron chi connectivity index (χ1n) is 8.98. The minimum Gasteiger partial charge on any atom is -0.490 e. The summed E-state index contributed by atoms with van der Waals surface area (Å²) in [6.07, 6.45) is 4.32. The Kier molecular flexibility index (Phi) is 4.85. The van der Waals surface area contributed by atoms with Crippen molar-refractivity contribution in [1.82, 2.24) is 0 Å². The zero-order valence-electron chi connectivity index (χ0n) is 15.1. The summed E-state index contributed by atoms with van der Waals surface area (Å²) in [7, 11) is 0. The molecule has 4 nitrogen and oxygen atoms in total. The lowest BCUT2D eigenvalue weighted by Crippen LogP contribution is -2.25. The van der Waals surface area contributed by atoms with Crippen LogP contribution < -0.4 is 4.74 Å².